The van der Waals surface area contributed by atoms with Gasteiger partial charge in [0.2, 0.25) is 5.91 Å². The van der Waals surface area contributed by atoms with Crippen molar-refractivity contribution in [3.63, 3.8) is 0 Å². The van der Waals surface area contributed by atoms with Gasteiger partial charge in [0, 0.05) is 31.2 Å². The lowest BCUT2D eigenvalue weighted by Gasteiger charge is -2.29. The first-order chi connectivity index (χ1) is 11.8. The van der Waals surface area contributed by atoms with Crippen LogP contribution in [0.25, 0.3) is 0 Å². The molecule has 2 aromatic rings. The van der Waals surface area contributed by atoms with Gasteiger partial charge < -0.3 is 9.47 Å². The Labute approximate surface area is 141 Å². The Morgan fingerprint density at radius 3 is 2.88 bits per heavy atom. The average Bonchev–Trinajstić information content (AvgIpc) is 3.21. The van der Waals surface area contributed by atoms with Gasteiger partial charge in [-0.15, -0.1) is 10.2 Å². The molecule has 6 heteroatoms. The Balaban J connectivity index is 1.28. The SMILES string of the molecule is O=C(CN1CCn2c(nnc2C2CC2)C1)N1CCc2ccccc21. The van der Waals surface area contributed by atoms with Gasteiger partial charge in [-0.2, -0.15) is 0 Å². The lowest BCUT2D eigenvalue weighted by Crippen LogP contribution is -2.43. The number of hydrogen-bond acceptors (Lipinski definition) is 4. The van der Waals surface area contributed by atoms with Gasteiger partial charge in [0.05, 0.1) is 13.1 Å². The van der Waals surface area contributed by atoms with Crippen molar-refractivity contribution in [1.29, 1.82) is 0 Å². The molecule has 0 radical (unpaired) electrons. The minimum atomic E-state index is 0.190. The first-order valence-corrected chi connectivity index (χ1v) is 8.82. The smallest absolute Gasteiger partial charge is 0.241 e. The Kier molecular flexibility index (Phi) is 3.19. The molecular formula is C18H21N5O. The molecule has 1 aromatic carbocycles. The van der Waals surface area contributed by atoms with Gasteiger partial charge in [-0.3, -0.25) is 9.69 Å². The van der Waals surface area contributed by atoms with Crippen LogP contribution in [0.2, 0.25) is 0 Å². The van der Waals surface area contributed by atoms with Crippen molar-refractivity contribution < 1.29 is 4.79 Å². The molecular weight excluding hydrogens is 302 g/mol. The maximum Gasteiger partial charge on any atom is 0.241 e. The lowest BCUT2D eigenvalue weighted by molar-refractivity contribution is -0.120. The molecule has 3 aliphatic rings. The largest absolute Gasteiger partial charge is 0.312 e. The number of rotatable bonds is 3. The molecule has 3 heterocycles. The molecule has 5 rings (SSSR count). The second kappa shape index (κ2) is 5.41. The van der Waals surface area contributed by atoms with Crippen molar-refractivity contribution in [2.75, 3.05) is 24.5 Å². The second-order valence-electron chi connectivity index (χ2n) is 7.04. The number of amides is 1. The zero-order chi connectivity index (χ0) is 16.1. The van der Waals surface area contributed by atoms with Crippen molar-refractivity contribution in [3.8, 4) is 0 Å². The lowest BCUT2D eigenvalue weighted by atomic mass is 10.2. The predicted octanol–water partition coefficient (Wildman–Crippen LogP) is 1.56. The van der Waals surface area contributed by atoms with Gasteiger partial charge in [0.1, 0.15) is 11.6 Å². The normalized spacial score (nSPS) is 20.1. The van der Waals surface area contributed by atoms with Crippen LogP contribution in [0, 0.1) is 0 Å². The number of carbonyl (C=O) groups is 1. The number of para-hydroxylation sites is 1. The van der Waals surface area contributed by atoms with Crippen LogP contribution in [0.15, 0.2) is 24.3 Å². The van der Waals surface area contributed by atoms with Crippen molar-refractivity contribution in [3.05, 3.63) is 41.5 Å². The maximum absolute atomic E-state index is 12.8. The van der Waals surface area contributed by atoms with E-state index in [1.807, 2.05) is 17.0 Å². The van der Waals surface area contributed by atoms with E-state index >= 15 is 0 Å². The monoisotopic (exact) mass is 323 g/mol. The maximum atomic E-state index is 12.8. The Morgan fingerprint density at radius 2 is 2.00 bits per heavy atom. The van der Waals surface area contributed by atoms with E-state index in [-0.39, 0.29) is 5.91 Å². The topological polar surface area (TPSA) is 54.3 Å². The van der Waals surface area contributed by atoms with E-state index < -0.39 is 0 Å². The van der Waals surface area contributed by atoms with Crippen molar-refractivity contribution in [2.24, 2.45) is 0 Å². The first kappa shape index (κ1) is 14.2. The van der Waals surface area contributed by atoms with Crippen molar-refractivity contribution >= 4 is 11.6 Å². The van der Waals surface area contributed by atoms with E-state index in [2.05, 4.69) is 31.8 Å². The summed E-state index contributed by atoms with van der Waals surface area (Å²) in [4.78, 5) is 16.9. The number of carbonyl (C=O) groups excluding carboxylic acids is 1. The molecule has 6 nitrogen and oxygen atoms in total. The molecule has 1 saturated carbocycles. The van der Waals surface area contributed by atoms with E-state index in [4.69, 9.17) is 0 Å². The van der Waals surface area contributed by atoms with Gasteiger partial charge in [-0.1, -0.05) is 18.2 Å². The van der Waals surface area contributed by atoms with Crippen LogP contribution in [-0.2, 0) is 24.3 Å². The molecule has 124 valence electrons. The summed E-state index contributed by atoms with van der Waals surface area (Å²) in [6.45, 7) is 3.78. The number of fused-ring (bicyclic) bond motifs is 2. The van der Waals surface area contributed by atoms with Crippen molar-refractivity contribution in [1.82, 2.24) is 19.7 Å². The minimum Gasteiger partial charge on any atom is -0.312 e. The zero-order valence-electron chi connectivity index (χ0n) is 13.7. The number of anilines is 1. The molecule has 0 unspecified atom stereocenters. The number of hydrogen-bond donors (Lipinski definition) is 0. The fraction of sp³-hybridized carbons (Fsp3) is 0.500. The summed E-state index contributed by atoms with van der Waals surface area (Å²) in [6, 6.07) is 8.22. The molecule has 1 fully saturated rings. The van der Waals surface area contributed by atoms with E-state index in [0.29, 0.717) is 12.5 Å². The Bertz CT molecular complexity index is 794. The highest BCUT2D eigenvalue weighted by atomic mass is 16.2. The summed E-state index contributed by atoms with van der Waals surface area (Å²) in [5, 5.41) is 8.73. The van der Waals surface area contributed by atoms with Gasteiger partial charge in [-0.25, -0.2) is 0 Å². The molecule has 0 spiro atoms. The van der Waals surface area contributed by atoms with Crippen LogP contribution >= 0.6 is 0 Å². The third-order valence-electron chi connectivity index (χ3n) is 5.35. The summed E-state index contributed by atoms with van der Waals surface area (Å²) in [7, 11) is 0. The molecule has 0 saturated heterocycles. The molecule has 0 bridgehead atoms. The van der Waals surface area contributed by atoms with Gasteiger partial charge in [0.25, 0.3) is 0 Å². The number of aromatic nitrogens is 3. The van der Waals surface area contributed by atoms with Crippen LogP contribution < -0.4 is 4.90 Å². The molecule has 1 amide bonds. The van der Waals surface area contributed by atoms with Crippen LogP contribution in [-0.4, -0.2) is 45.2 Å². The first-order valence-electron chi connectivity index (χ1n) is 8.82. The van der Waals surface area contributed by atoms with Crippen LogP contribution in [0.3, 0.4) is 0 Å². The molecule has 1 aliphatic carbocycles. The van der Waals surface area contributed by atoms with Gasteiger partial charge >= 0.3 is 0 Å². The van der Waals surface area contributed by atoms with Gasteiger partial charge in [-0.05, 0) is 30.9 Å². The molecule has 0 atom stereocenters. The van der Waals surface area contributed by atoms with Gasteiger partial charge in [0.15, 0.2) is 0 Å². The Morgan fingerprint density at radius 1 is 1.12 bits per heavy atom. The third kappa shape index (κ3) is 2.33. The highest BCUT2D eigenvalue weighted by molar-refractivity contribution is 5.96. The van der Waals surface area contributed by atoms with E-state index in [1.165, 1.54) is 18.4 Å². The fourth-order valence-electron chi connectivity index (χ4n) is 3.88. The minimum absolute atomic E-state index is 0.190. The third-order valence-corrected chi connectivity index (χ3v) is 5.35. The van der Waals surface area contributed by atoms with E-state index in [1.54, 1.807) is 0 Å². The predicted molar refractivity (Wildman–Crippen MR) is 89.8 cm³/mol. The summed E-state index contributed by atoms with van der Waals surface area (Å²) in [5.41, 5.74) is 2.36. The summed E-state index contributed by atoms with van der Waals surface area (Å²) < 4.78 is 2.27. The highest BCUT2D eigenvalue weighted by Gasteiger charge is 2.33. The van der Waals surface area contributed by atoms with Crippen molar-refractivity contribution in [2.45, 2.75) is 38.3 Å². The number of benzene rings is 1. The molecule has 0 N–H and O–H groups in total. The van der Waals surface area contributed by atoms with E-state index in [0.717, 1.165) is 49.9 Å². The summed E-state index contributed by atoms with van der Waals surface area (Å²) in [5.74, 6) is 2.98. The molecule has 2 aliphatic heterocycles. The van der Waals surface area contributed by atoms with E-state index in [9.17, 15) is 4.79 Å². The van der Waals surface area contributed by atoms with Crippen LogP contribution in [0.4, 0.5) is 5.69 Å². The molecule has 1 aromatic heterocycles. The average molecular weight is 323 g/mol. The van der Waals surface area contributed by atoms with Crippen LogP contribution in [0.5, 0.6) is 0 Å². The standard InChI is InChI=1S/C18H21N5O/c24-17(22-8-7-13-3-1-2-4-15(13)22)12-21-9-10-23-16(11-21)19-20-18(23)14-5-6-14/h1-4,14H,5-12H2. The summed E-state index contributed by atoms with van der Waals surface area (Å²) >= 11 is 0. The highest BCUT2D eigenvalue weighted by Crippen LogP contribution is 2.39. The zero-order valence-corrected chi connectivity index (χ0v) is 13.7. The fourth-order valence-corrected chi connectivity index (χ4v) is 3.88. The van der Waals surface area contributed by atoms with Crippen LogP contribution in [0.1, 0.15) is 36.0 Å². The quantitative estimate of drug-likeness (QED) is 0.860. The number of nitrogens with zero attached hydrogens (tertiary/aromatic N) is 5. The molecule has 24 heavy (non-hydrogen) atoms. The summed E-state index contributed by atoms with van der Waals surface area (Å²) in [6.07, 6.45) is 3.45. The Hall–Kier alpha value is -2.21. The second-order valence-corrected chi connectivity index (χ2v) is 7.04.